The molecule has 3 aromatic rings. The molecule has 0 saturated carbocycles. The molecule has 0 radical (unpaired) electrons. The van der Waals surface area contributed by atoms with Crippen molar-refractivity contribution in [2.24, 2.45) is 0 Å². The lowest BCUT2D eigenvalue weighted by molar-refractivity contribution is -0.115. The van der Waals surface area contributed by atoms with Crippen molar-refractivity contribution in [3.8, 4) is 27.9 Å². The molecule has 5 heteroatoms. The van der Waals surface area contributed by atoms with E-state index in [1.54, 1.807) is 17.4 Å². The number of hydrogen-bond donors (Lipinski definition) is 1. The number of nitrogens with zero attached hydrogens (tertiary/aromatic N) is 2. The molecule has 3 rings (SSSR count). The smallest absolute Gasteiger partial charge is 0.238 e. The Bertz CT molecular complexity index is 969. The van der Waals surface area contributed by atoms with Gasteiger partial charge in [0, 0.05) is 22.2 Å². The Balaban J connectivity index is 1.87. The van der Waals surface area contributed by atoms with Crippen LogP contribution in [0.2, 0.25) is 0 Å². The Morgan fingerprint density at radius 1 is 1.24 bits per heavy atom. The van der Waals surface area contributed by atoms with Gasteiger partial charge in [-0.3, -0.25) is 4.79 Å². The SMILES string of the molecule is Cc1ccc(-c2csc(-c3cccc(NC(=O)CC#N)c3)n2)c(C)c1. The van der Waals surface area contributed by atoms with Gasteiger partial charge in [0.05, 0.1) is 11.8 Å². The van der Waals surface area contributed by atoms with Gasteiger partial charge in [-0.15, -0.1) is 11.3 Å². The van der Waals surface area contributed by atoms with E-state index in [1.165, 1.54) is 11.1 Å². The summed E-state index contributed by atoms with van der Waals surface area (Å²) in [7, 11) is 0. The highest BCUT2D eigenvalue weighted by Gasteiger charge is 2.10. The van der Waals surface area contributed by atoms with E-state index in [0.717, 1.165) is 21.8 Å². The van der Waals surface area contributed by atoms with Crippen LogP contribution in [0.3, 0.4) is 0 Å². The molecule has 1 amide bonds. The van der Waals surface area contributed by atoms with Crippen LogP contribution in [0, 0.1) is 25.2 Å². The Kier molecular flexibility index (Phi) is 4.92. The zero-order valence-corrected chi connectivity index (χ0v) is 14.9. The molecule has 0 spiro atoms. The lowest BCUT2D eigenvalue weighted by Crippen LogP contribution is -2.09. The number of carbonyl (C=O) groups is 1. The van der Waals surface area contributed by atoms with Crippen molar-refractivity contribution in [1.29, 1.82) is 5.26 Å². The molecule has 2 aromatic carbocycles. The minimum atomic E-state index is -0.310. The van der Waals surface area contributed by atoms with Gasteiger partial charge in [0.1, 0.15) is 11.4 Å². The second-order valence-corrected chi connectivity index (χ2v) is 6.68. The quantitative estimate of drug-likeness (QED) is 0.726. The molecule has 4 nitrogen and oxygen atoms in total. The molecular formula is C20H17N3OS. The van der Waals surface area contributed by atoms with Crippen LogP contribution in [0.25, 0.3) is 21.8 Å². The van der Waals surface area contributed by atoms with Gasteiger partial charge in [0.25, 0.3) is 0 Å². The molecular weight excluding hydrogens is 330 g/mol. The first-order chi connectivity index (χ1) is 12.1. The molecule has 0 aliphatic carbocycles. The Morgan fingerprint density at radius 3 is 2.84 bits per heavy atom. The van der Waals surface area contributed by atoms with E-state index in [0.29, 0.717) is 5.69 Å². The summed E-state index contributed by atoms with van der Waals surface area (Å²) >= 11 is 1.57. The van der Waals surface area contributed by atoms with Gasteiger partial charge in [0.15, 0.2) is 0 Å². The maximum absolute atomic E-state index is 11.6. The molecule has 0 atom stereocenters. The van der Waals surface area contributed by atoms with E-state index in [9.17, 15) is 4.79 Å². The summed E-state index contributed by atoms with van der Waals surface area (Å²) < 4.78 is 0. The predicted octanol–water partition coefficient (Wildman–Crippen LogP) is 4.95. The van der Waals surface area contributed by atoms with Gasteiger partial charge in [-0.1, -0.05) is 35.9 Å². The number of hydrogen-bond acceptors (Lipinski definition) is 4. The number of benzene rings is 2. The summed E-state index contributed by atoms with van der Waals surface area (Å²) in [5.41, 5.74) is 6.13. The standard InChI is InChI=1S/C20H17N3OS/c1-13-6-7-17(14(2)10-13)18-12-25-20(23-18)15-4-3-5-16(11-15)22-19(24)8-9-21/h3-7,10-12H,8H2,1-2H3,(H,22,24). The van der Waals surface area contributed by atoms with E-state index in [2.05, 4.69) is 37.4 Å². The number of aryl methyl sites for hydroxylation is 2. The Morgan fingerprint density at radius 2 is 2.08 bits per heavy atom. The van der Waals surface area contributed by atoms with E-state index in [-0.39, 0.29) is 12.3 Å². The third-order valence-corrected chi connectivity index (χ3v) is 4.69. The molecule has 1 N–H and O–H groups in total. The Labute approximate surface area is 150 Å². The second kappa shape index (κ2) is 7.29. The fourth-order valence-corrected chi connectivity index (χ4v) is 3.46. The van der Waals surface area contributed by atoms with E-state index in [4.69, 9.17) is 10.2 Å². The molecule has 0 aliphatic rings. The predicted molar refractivity (Wildman–Crippen MR) is 101 cm³/mol. The van der Waals surface area contributed by atoms with Crippen molar-refractivity contribution >= 4 is 22.9 Å². The van der Waals surface area contributed by atoms with Gasteiger partial charge in [-0.05, 0) is 31.5 Å². The summed E-state index contributed by atoms with van der Waals surface area (Å²) in [4.78, 5) is 16.3. The maximum atomic E-state index is 11.6. The van der Waals surface area contributed by atoms with Crippen LogP contribution >= 0.6 is 11.3 Å². The van der Waals surface area contributed by atoms with Crippen molar-refractivity contribution in [3.63, 3.8) is 0 Å². The van der Waals surface area contributed by atoms with Crippen molar-refractivity contribution in [3.05, 3.63) is 59.0 Å². The van der Waals surface area contributed by atoms with Crippen LogP contribution in [0.4, 0.5) is 5.69 Å². The van der Waals surface area contributed by atoms with Crippen LogP contribution in [0.1, 0.15) is 17.5 Å². The number of nitriles is 1. The zero-order valence-electron chi connectivity index (χ0n) is 14.0. The fraction of sp³-hybridized carbons (Fsp3) is 0.150. The highest BCUT2D eigenvalue weighted by atomic mass is 32.1. The summed E-state index contributed by atoms with van der Waals surface area (Å²) in [6.45, 7) is 4.17. The number of carbonyl (C=O) groups excluding carboxylic acids is 1. The van der Waals surface area contributed by atoms with Crippen molar-refractivity contribution in [2.75, 3.05) is 5.32 Å². The summed E-state index contributed by atoms with van der Waals surface area (Å²) in [5, 5.41) is 14.2. The monoisotopic (exact) mass is 347 g/mol. The topological polar surface area (TPSA) is 65.8 Å². The summed E-state index contributed by atoms with van der Waals surface area (Å²) in [6.07, 6.45) is -0.154. The first kappa shape index (κ1) is 16.9. The maximum Gasteiger partial charge on any atom is 0.238 e. The third-order valence-electron chi connectivity index (χ3n) is 3.79. The molecule has 25 heavy (non-hydrogen) atoms. The van der Waals surface area contributed by atoms with Crippen molar-refractivity contribution in [1.82, 2.24) is 4.98 Å². The van der Waals surface area contributed by atoms with Crippen LogP contribution in [-0.2, 0) is 4.79 Å². The average molecular weight is 347 g/mol. The van der Waals surface area contributed by atoms with Crippen LogP contribution in [0.15, 0.2) is 47.8 Å². The first-order valence-electron chi connectivity index (χ1n) is 7.87. The summed E-state index contributed by atoms with van der Waals surface area (Å²) in [5.74, 6) is -0.310. The lowest BCUT2D eigenvalue weighted by atomic mass is 10.0. The van der Waals surface area contributed by atoms with Gasteiger partial charge in [-0.2, -0.15) is 5.26 Å². The van der Waals surface area contributed by atoms with E-state index in [1.807, 2.05) is 29.6 Å². The molecule has 124 valence electrons. The number of anilines is 1. The molecule has 0 bridgehead atoms. The number of aromatic nitrogens is 1. The second-order valence-electron chi connectivity index (χ2n) is 5.82. The number of rotatable bonds is 4. The largest absolute Gasteiger partial charge is 0.325 e. The third kappa shape index (κ3) is 3.93. The minimum absolute atomic E-state index is 0.154. The molecule has 0 unspecified atom stereocenters. The number of nitrogens with one attached hydrogen (secondary N) is 1. The highest BCUT2D eigenvalue weighted by Crippen LogP contribution is 2.31. The van der Waals surface area contributed by atoms with Gasteiger partial charge < -0.3 is 5.32 Å². The lowest BCUT2D eigenvalue weighted by Gasteiger charge is -2.05. The van der Waals surface area contributed by atoms with Gasteiger partial charge in [0.2, 0.25) is 5.91 Å². The molecule has 1 aromatic heterocycles. The minimum Gasteiger partial charge on any atom is -0.325 e. The molecule has 0 aliphatic heterocycles. The van der Waals surface area contributed by atoms with Gasteiger partial charge in [-0.25, -0.2) is 4.98 Å². The van der Waals surface area contributed by atoms with Crippen LogP contribution < -0.4 is 5.32 Å². The van der Waals surface area contributed by atoms with E-state index < -0.39 is 0 Å². The Hall–Kier alpha value is -2.97. The highest BCUT2D eigenvalue weighted by molar-refractivity contribution is 7.13. The van der Waals surface area contributed by atoms with Crippen molar-refractivity contribution in [2.45, 2.75) is 20.3 Å². The first-order valence-corrected chi connectivity index (χ1v) is 8.75. The van der Waals surface area contributed by atoms with E-state index >= 15 is 0 Å². The molecule has 0 saturated heterocycles. The van der Waals surface area contributed by atoms with Crippen LogP contribution in [-0.4, -0.2) is 10.9 Å². The fourth-order valence-electron chi connectivity index (χ4n) is 2.64. The summed E-state index contributed by atoms with van der Waals surface area (Å²) in [6, 6.07) is 15.7. The average Bonchev–Trinajstić information content (AvgIpc) is 3.05. The van der Waals surface area contributed by atoms with Crippen molar-refractivity contribution < 1.29 is 4.79 Å². The van der Waals surface area contributed by atoms with Crippen LogP contribution in [0.5, 0.6) is 0 Å². The number of amides is 1. The molecule has 0 fully saturated rings. The van der Waals surface area contributed by atoms with Gasteiger partial charge >= 0.3 is 0 Å². The number of thiazole rings is 1. The zero-order chi connectivity index (χ0) is 17.8. The molecule has 1 heterocycles. The normalized spacial score (nSPS) is 10.3.